The lowest BCUT2D eigenvalue weighted by Crippen LogP contribution is -2.55. The number of alkyl halides is 3. The molecule has 8 nitrogen and oxygen atoms in total. The molecule has 2 saturated heterocycles. The van der Waals surface area contributed by atoms with Crippen molar-refractivity contribution >= 4 is 34.6 Å². The summed E-state index contributed by atoms with van der Waals surface area (Å²) in [7, 11) is 1.70. The van der Waals surface area contributed by atoms with Gasteiger partial charge in [-0.3, -0.25) is 9.69 Å². The Bertz CT molecular complexity index is 1290. The van der Waals surface area contributed by atoms with E-state index in [2.05, 4.69) is 9.88 Å². The van der Waals surface area contributed by atoms with Crippen LogP contribution in [-0.4, -0.2) is 65.9 Å². The third-order valence-electron chi connectivity index (χ3n) is 7.68. The molecule has 1 aromatic heterocycles. The molecule has 2 aromatic rings. The summed E-state index contributed by atoms with van der Waals surface area (Å²) in [5.41, 5.74) is -2.36. The number of carbonyl (C=O) groups excluding carboxylic acids is 1. The summed E-state index contributed by atoms with van der Waals surface area (Å²) in [6.45, 7) is 3.49. The number of rotatable bonds is 7. The number of ether oxygens (including phenoxy) is 2. The molecule has 0 N–H and O–H groups in total. The van der Waals surface area contributed by atoms with Gasteiger partial charge in [-0.1, -0.05) is 0 Å². The normalized spacial score (nSPS) is 19.9. The van der Waals surface area contributed by atoms with E-state index in [-0.39, 0.29) is 22.8 Å². The first-order chi connectivity index (χ1) is 18.7. The number of aromatic nitrogens is 1. The molecule has 3 aliphatic rings. The van der Waals surface area contributed by atoms with Crippen molar-refractivity contribution in [3.8, 4) is 11.8 Å². The summed E-state index contributed by atoms with van der Waals surface area (Å²) >= 11 is 5.67. The average molecular weight is 560 g/mol. The zero-order valence-corrected chi connectivity index (χ0v) is 22.2. The van der Waals surface area contributed by atoms with Gasteiger partial charge in [0.2, 0.25) is 0 Å². The van der Waals surface area contributed by atoms with Crippen LogP contribution in [0.2, 0.25) is 0 Å². The number of halogens is 3. The van der Waals surface area contributed by atoms with Crippen molar-refractivity contribution in [3.63, 3.8) is 0 Å². The highest BCUT2D eigenvalue weighted by molar-refractivity contribution is 7.81. The molecule has 0 radical (unpaired) electrons. The lowest BCUT2D eigenvalue weighted by molar-refractivity contribution is -0.138. The van der Waals surface area contributed by atoms with Gasteiger partial charge in [-0.05, 0) is 74.7 Å². The molecule has 206 valence electrons. The van der Waals surface area contributed by atoms with Gasteiger partial charge < -0.3 is 19.3 Å². The molecule has 0 bridgehead atoms. The largest absolute Gasteiger partial charge is 0.490 e. The summed E-state index contributed by atoms with van der Waals surface area (Å²) in [4.78, 5) is 22.5. The number of piperidine rings is 1. The van der Waals surface area contributed by atoms with Gasteiger partial charge in [-0.25, -0.2) is 4.98 Å². The zero-order chi connectivity index (χ0) is 27.8. The second-order valence-corrected chi connectivity index (χ2v) is 10.4. The monoisotopic (exact) mass is 559 g/mol. The molecule has 5 rings (SSSR count). The summed E-state index contributed by atoms with van der Waals surface area (Å²) < 4.78 is 52.1. The number of pyridine rings is 1. The van der Waals surface area contributed by atoms with Gasteiger partial charge >= 0.3 is 6.18 Å². The number of nitriles is 1. The molecule has 3 fully saturated rings. The van der Waals surface area contributed by atoms with Crippen molar-refractivity contribution in [1.82, 2.24) is 9.88 Å². The maximum Gasteiger partial charge on any atom is 0.419 e. The predicted octanol–water partition coefficient (Wildman–Crippen LogP) is 4.52. The molecule has 3 heterocycles. The molecule has 1 aromatic carbocycles. The topological polar surface area (TPSA) is 81.9 Å². The van der Waals surface area contributed by atoms with E-state index in [1.165, 1.54) is 6.07 Å². The Morgan fingerprint density at radius 3 is 2.44 bits per heavy atom. The SMILES string of the molecule is COCCN1CCC(Oc2ccc(N3C(=S)N(c4cnc(C#N)c(C(F)(F)F)c4)C(=O)C34CCC4)cc2)CC1. The zero-order valence-electron chi connectivity index (χ0n) is 21.4. The summed E-state index contributed by atoms with van der Waals surface area (Å²) in [5.74, 6) is 0.315. The maximum absolute atomic E-state index is 13.6. The van der Waals surface area contributed by atoms with E-state index < -0.39 is 23.0 Å². The Hall–Kier alpha value is -3.27. The van der Waals surface area contributed by atoms with E-state index in [1.807, 2.05) is 24.3 Å². The van der Waals surface area contributed by atoms with Crippen LogP contribution in [0, 0.1) is 11.3 Å². The molecule has 1 saturated carbocycles. The molecule has 1 spiro atoms. The van der Waals surface area contributed by atoms with Gasteiger partial charge in [-0.15, -0.1) is 0 Å². The number of benzene rings is 1. The molecule has 2 aliphatic heterocycles. The van der Waals surface area contributed by atoms with Crippen molar-refractivity contribution in [2.24, 2.45) is 0 Å². The van der Waals surface area contributed by atoms with E-state index in [0.29, 0.717) is 30.9 Å². The van der Waals surface area contributed by atoms with Crippen molar-refractivity contribution in [1.29, 1.82) is 5.26 Å². The van der Waals surface area contributed by atoms with E-state index in [9.17, 15) is 18.0 Å². The summed E-state index contributed by atoms with van der Waals surface area (Å²) in [5, 5.41) is 9.17. The fourth-order valence-corrected chi connectivity index (χ4v) is 5.90. The van der Waals surface area contributed by atoms with E-state index in [0.717, 1.165) is 56.1 Å². The molecular weight excluding hydrogens is 531 g/mol. The Morgan fingerprint density at radius 2 is 1.87 bits per heavy atom. The number of anilines is 2. The third kappa shape index (κ3) is 5.06. The number of nitrogens with zero attached hydrogens (tertiary/aromatic N) is 5. The Labute approximate surface area is 229 Å². The average Bonchev–Trinajstić information content (AvgIpc) is 3.14. The van der Waals surface area contributed by atoms with Crippen molar-refractivity contribution in [2.45, 2.75) is 49.9 Å². The van der Waals surface area contributed by atoms with Gasteiger partial charge in [0.15, 0.2) is 10.8 Å². The number of carbonyl (C=O) groups is 1. The summed E-state index contributed by atoms with van der Waals surface area (Å²) in [6, 6.07) is 9.54. The minimum absolute atomic E-state index is 0.0800. The predicted molar refractivity (Wildman–Crippen MR) is 142 cm³/mol. The molecule has 12 heteroatoms. The lowest BCUT2D eigenvalue weighted by Gasteiger charge is -2.43. The fourth-order valence-electron chi connectivity index (χ4n) is 5.43. The van der Waals surface area contributed by atoms with Crippen molar-refractivity contribution in [2.75, 3.05) is 43.2 Å². The molecule has 0 atom stereocenters. The highest BCUT2D eigenvalue weighted by Crippen LogP contribution is 2.48. The minimum Gasteiger partial charge on any atom is -0.490 e. The first-order valence-corrected chi connectivity index (χ1v) is 13.2. The van der Waals surface area contributed by atoms with Crippen molar-refractivity contribution < 1.29 is 27.4 Å². The fraction of sp³-hybridized carbons (Fsp3) is 0.481. The molecule has 0 unspecified atom stereocenters. The van der Waals surface area contributed by atoms with Gasteiger partial charge in [0.1, 0.15) is 23.5 Å². The van der Waals surface area contributed by atoms with Crippen LogP contribution in [0.5, 0.6) is 5.75 Å². The highest BCUT2D eigenvalue weighted by atomic mass is 32.1. The number of thiocarbonyl (C=S) groups is 1. The maximum atomic E-state index is 13.6. The second-order valence-electron chi connectivity index (χ2n) is 9.99. The highest BCUT2D eigenvalue weighted by Gasteiger charge is 2.59. The number of hydrogen-bond donors (Lipinski definition) is 0. The van der Waals surface area contributed by atoms with E-state index in [4.69, 9.17) is 27.0 Å². The van der Waals surface area contributed by atoms with E-state index in [1.54, 1.807) is 12.0 Å². The second kappa shape index (κ2) is 10.7. The standard InChI is InChI=1S/C27H28F3N5O3S/c1-37-14-13-33-11-7-21(8-12-33)38-20-5-3-18(4-6-20)35-25(39)34(24(36)26(35)9-2-10-26)19-15-22(27(28,29)30)23(16-31)32-17-19/h3-6,15,17,21H,2,7-14H2,1H3. The lowest BCUT2D eigenvalue weighted by atomic mass is 9.75. The van der Waals surface area contributed by atoms with Crippen LogP contribution in [0.3, 0.4) is 0 Å². The number of likely N-dealkylation sites (tertiary alicyclic amines) is 1. The van der Waals surface area contributed by atoms with Gasteiger partial charge in [0.05, 0.1) is 24.1 Å². The van der Waals surface area contributed by atoms with Gasteiger partial charge in [-0.2, -0.15) is 18.4 Å². The van der Waals surface area contributed by atoms with Crippen LogP contribution in [0.4, 0.5) is 24.5 Å². The minimum atomic E-state index is -4.80. The molecule has 1 aliphatic carbocycles. The van der Waals surface area contributed by atoms with Crippen LogP contribution in [0.15, 0.2) is 36.5 Å². The molecular formula is C27H28F3N5O3S. The Kier molecular flexibility index (Phi) is 7.50. The molecule has 1 amide bonds. The number of hydrogen-bond acceptors (Lipinski definition) is 7. The Morgan fingerprint density at radius 1 is 1.18 bits per heavy atom. The third-order valence-corrected chi connectivity index (χ3v) is 8.04. The van der Waals surface area contributed by atoms with Crippen LogP contribution in [0.25, 0.3) is 0 Å². The summed E-state index contributed by atoms with van der Waals surface area (Å²) in [6.07, 6.45) is 0.0520. The first-order valence-electron chi connectivity index (χ1n) is 12.8. The Balaban J connectivity index is 1.35. The van der Waals surface area contributed by atoms with Crippen LogP contribution in [-0.2, 0) is 15.7 Å². The van der Waals surface area contributed by atoms with E-state index >= 15 is 0 Å². The van der Waals surface area contributed by atoms with Gasteiger partial charge in [0, 0.05) is 32.4 Å². The molecule has 39 heavy (non-hydrogen) atoms. The van der Waals surface area contributed by atoms with Crippen LogP contribution in [0.1, 0.15) is 43.4 Å². The number of amides is 1. The smallest absolute Gasteiger partial charge is 0.419 e. The van der Waals surface area contributed by atoms with Crippen LogP contribution >= 0.6 is 12.2 Å². The van der Waals surface area contributed by atoms with Crippen molar-refractivity contribution in [3.05, 3.63) is 47.8 Å². The first kappa shape index (κ1) is 27.3. The number of methoxy groups -OCH3 is 1. The van der Waals surface area contributed by atoms with Gasteiger partial charge in [0.25, 0.3) is 5.91 Å². The van der Waals surface area contributed by atoms with Crippen LogP contribution < -0.4 is 14.5 Å². The quantitative estimate of drug-likeness (QED) is 0.458.